The summed E-state index contributed by atoms with van der Waals surface area (Å²) in [6, 6.07) is 1.82. The average Bonchev–Trinajstić information content (AvgIpc) is 3.03. The first-order valence-electron chi connectivity index (χ1n) is 8.42. The number of halogens is 1. The third kappa shape index (κ3) is 4.42. The number of ether oxygens (including phenoxy) is 1. The van der Waals surface area contributed by atoms with Gasteiger partial charge in [0, 0.05) is 43.6 Å². The molecule has 0 atom stereocenters. The minimum Gasteiger partial charge on any atom is -0.444 e. The molecule has 3 heterocycles. The molecule has 7 nitrogen and oxygen atoms in total. The predicted molar refractivity (Wildman–Crippen MR) is 103 cm³/mol. The minimum atomic E-state index is -0.482. The molecular formula is C17H22ClN5O2S. The topological polar surface area (TPSA) is 71.5 Å². The van der Waals surface area contributed by atoms with E-state index in [1.54, 1.807) is 11.1 Å². The summed E-state index contributed by atoms with van der Waals surface area (Å²) < 4.78 is 5.42. The van der Waals surface area contributed by atoms with Crippen LogP contribution in [-0.4, -0.2) is 58.0 Å². The molecule has 0 saturated carbocycles. The second-order valence-corrected chi connectivity index (χ2v) is 8.51. The maximum Gasteiger partial charge on any atom is 0.410 e. The normalized spacial score (nSPS) is 15.3. The molecule has 0 aromatic carbocycles. The van der Waals surface area contributed by atoms with E-state index in [9.17, 15) is 4.79 Å². The van der Waals surface area contributed by atoms with Gasteiger partial charge in [-0.2, -0.15) is 0 Å². The first-order chi connectivity index (χ1) is 12.2. The third-order valence-electron chi connectivity index (χ3n) is 3.84. The van der Waals surface area contributed by atoms with Crippen molar-refractivity contribution in [3.63, 3.8) is 0 Å². The number of aromatic nitrogens is 3. The lowest BCUT2D eigenvalue weighted by Gasteiger charge is -2.35. The summed E-state index contributed by atoms with van der Waals surface area (Å²) in [7, 11) is 0. The summed E-state index contributed by atoms with van der Waals surface area (Å²) in [5.74, 6) is 0. The smallest absolute Gasteiger partial charge is 0.410 e. The van der Waals surface area contributed by atoms with Gasteiger partial charge in [0.1, 0.15) is 5.60 Å². The van der Waals surface area contributed by atoms with E-state index in [4.69, 9.17) is 16.3 Å². The standard InChI is InChI=1S/C17H22ClN5O2S/c1-11-9-13(18)12(10-19-11)14-20-21-15(26-14)22-5-7-23(8-6-22)16(24)25-17(2,3)4/h9-10H,5-8H2,1-4H3. The number of anilines is 1. The summed E-state index contributed by atoms with van der Waals surface area (Å²) in [4.78, 5) is 20.3. The van der Waals surface area contributed by atoms with Gasteiger partial charge >= 0.3 is 6.09 Å². The number of carbonyl (C=O) groups is 1. The van der Waals surface area contributed by atoms with Crippen LogP contribution < -0.4 is 4.90 Å². The average molecular weight is 396 g/mol. The van der Waals surface area contributed by atoms with Crippen LogP contribution >= 0.6 is 22.9 Å². The van der Waals surface area contributed by atoms with E-state index in [0.29, 0.717) is 31.2 Å². The predicted octanol–water partition coefficient (Wildman–Crippen LogP) is 3.62. The highest BCUT2D eigenvalue weighted by Gasteiger charge is 2.27. The van der Waals surface area contributed by atoms with Crippen LogP contribution in [0.5, 0.6) is 0 Å². The zero-order valence-electron chi connectivity index (χ0n) is 15.3. The number of carbonyl (C=O) groups excluding carboxylic acids is 1. The van der Waals surface area contributed by atoms with E-state index in [1.165, 1.54) is 11.3 Å². The molecule has 1 fully saturated rings. The molecule has 2 aromatic rings. The molecule has 9 heteroatoms. The number of aryl methyl sites for hydroxylation is 1. The fourth-order valence-corrected chi connectivity index (χ4v) is 3.82. The summed E-state index contributed by atoms with van der Waals surface area (Å²) in [6.45, 7) is 10.1. The van der Waals surface area contributed by atoms with Crippen LogP contribution in [0.2, 0.25) is 5.02 Å². The Morgan fingerprint density at radius 2 is 1.92 bits per heavy atom. The van der Waals surface area contributed by atoms with Crippen molar-refractivity contribution in [2.45, 2.75) is 33.3 Å². The van der Waals surface area contributed by atoms with Crippen LogP contribution in [0.15, 0.2) is 12.3 Å². The summed E-state index contributed by atoms with van der Waals surface area (Å²) in [6.07, 6.45) is 1.45. The van der Waals surface area contributed by atoms with Crippen molar-refractivity contribution < 1.29 is 9.53 Å². The molecule has 1 aliphatic heterocycles. The number of piperazine rings is 1. The lowest BCUT2D eigenvalue weighted by molar-refractivity contribution is 0.0240. The Bertz CT molecular complexity index is 797. The number of nitrogens with zero attached hydrogens (tertiary/aromatic N) is 5. The van der Waals surface area contributed by atoms with Gasteiger partial charge in [0.15, 0.2) is 5.01 Å². The monoisotopic (exact) mass is 395 g/mol. The van der Waals surface area contributed by atoms with Crippen molar-refractivity contribution in [3.05, 3.63) is 23.0 Å². The molecule has 140 valence electrons. The van der Waals surface area contributed by atoms with Gasteiger partial charge in [-0.25, -0.2) is 4.79 Å². The van der Waals surface area contributed by atoms with Crippen LogP contribution in [0.3, 0.4) is 0 Å². The summed E-state index contributed by atoms with van der Waals surface area (Å²) in [5, 5.41) is 10.7. The number of hydrogen-bond acceptors (Lipinski definition) is 7. The quantitative estimate of drug-likeness (QED) is 0.773. The Morgan fingerprint density at radius 1 is 1.23 bits per heavy atom. The Morgan fingerprint density at radius 3 is 2.54 bits per heavy atom. The van der Waals surface area contributed by atoms with Gasteiger partial charge in [-0.1, -0.05) is 22.9 Å². The summed E-state index contributed by atoms with van der Waals surface area (Å²) in [5.41, 5.74) is 1.17. The lowest BCUT2D eigenvalue weighted by Crippen LogP contribution is -2.50. The van der Waals surface area contributed by atoms with Gasteiger partial charge < -0.3 is 14.5 Å². The van der Waals surface area contributed by atoms with Gasteiger partial charge in [-0.05, 0) is 33.8 Å². The molecule has 1 amide bonds. The molecule has 0 bridgehead atoms. The Hall–Kier alpha value is -1.93. The zero-order valence-corrected chi connectivity index (χ0v) is 16.9. The molecule has 2 aromatic heterocycles. The highest BCUT2D eigenvalue weighted by atomic mass is 35.5. The molecule has 0 unspecified atom stereocenters. The molecule has 1 aliphatic rings. The largest absolute Gasteiger partial charge is 0.444 e. The van der Waals surface area contributed by atoms with Crippen LogP contribution in [0.1, 0.15) is 26.5 Å². The fraction of sp³-hybridized carbons (Fsp3) is 0.529. The molecule has 0 spiro atoms. The highest BCUT2D eigenvalue weighted by Crippen LogP contribution is 2.33. The van der Waals surface area contributed by atoms with Gasteiger partial charge in [0.05, 0.1) is 5.02 Å². The van der Waals surface area contributed by atoms with E-state index >= 15 is 0 Å². The number of amides is 1. The summed E-state index contributed by atoms with van der Waals surface area (Å²) >= 11 is 7.77. The molecule has 0 aliphatic carbocycles. The first kappa shape index (κ1) is 18.8. The van der Waals surface area contributed by atoms with Crippen LogP contribution in [-0.2, 0) is 4.74 Å². The number of pyridine rings is 1. The van der Waals surface area contributed by atoms with Crippen LogP contribution in [0.4, 0.5) is 9.93 Å². The van der Waals surface area contributed by atoms with Gasteiger partial charge in [-0.15, -0.1) is 10.2 Å². The molecule has 0 radical (unpaired) electrons. The molecular weight excluding hydrogens is 374 g/mol. The fourth-order valence-electron chi connectivity index (χ4n) is 2.54. The van der Waals surface area contributed by atoms with Gasteiger partial charge in [-0.3, -0.25) is 4.98 Å². The Labute approximate surface area is 161 Å². The van der Waals surface area contributed by atoms with Crippen molar-refractivity contribution in [2.75, 3.05) is 31.1 Å². The molecule has 3 rings (SSSR count). The van der Waals surface area contributed by atoms with Crippen LogP contribution in [0, 0.1) is 6.92 Å². The Kier molecular flexibility index (Phi) is 5.34. The van der Waals surface area contributed by atoms with Gasteiger partial charge in [0.2, 0.25) is 5.13 Å². The van der Waals surface area contributed by atoms with Crippen molar-refractivity contribution in [1.82, 2.24) is 20.1 Å². The first-order valence-corrected chi connectivity index (χ1v) is 9.61. The van der Waals surface area contributed by atoms with Crippen molar-refractivity contribution in [2.24, 2.45) is 0 Å². The number of hydrogen-bond donors (Lipinski definition) is 0. The maximum absolute atomic E-state index is 12.1. The second kappa shape index (κ2) is 7.36. The third-order valence-corrected chi connectivity index (χ3v) is 5.17. The van der Waals surface area contributed by atoms with E-state index in [1.807, 2.05) is 33.8 Å². The van der Waals surface area contributed by atoms with E-state index in [2.05, 4.69) is 20.1 Å². The number of rotatable bonds is 2. The second-order valence-electron chi connectivity index (χ2n) is 7.15. The van der Waals surface area contributed by atoms with E-state index < -0.39 is 5.60 Å². The van der Waals surface area contributed by atoms with Crippen molar-refractivity contribution >= 4 is 34.2 Å². The highest BCUT2D eigenvalue weighted by molar-refractivity contribution is 7.18. The Balaban J connectivity index is 1.64. The van der Waals surface area contributed by atoms with Gasteiger partial charge in [0.25, 0.3) is 0 Å². The van der Waals surface area contributed by atoms with E-state index in [-0.39, 0.29) is 6.09 Å². The van der Waals surface area contributed by atoms with Crippen LogP contribution in [0.25, 0.3) is 10.6 Å². The van der Waals surface area contributed by atoms with E-state index in [0.717, 1.165) is 21.4 Å². The zero-order chi connectivity index (χ0) is 18.9. The lowest BCUT2D eigenvalue weighted by atomic mass is 10.2. The van der Waals surface area contributed by atoms with Crippen molar-refractivity contribution in [1.29, 1.82) is 0 Å². The molecule has 0 N–H and O–H groups in total. The maximum atomic E-state index is 12.1. The minimum absolute atomic E-state index is 0.271. The van der Waals surface area contributed by atoms with Crippen molar-refractivity contribution in [3.8, 4) is 10.6 Å². The SMILES string of the molecule is Cc1cc(Cl)c(-c2nnc(N3CCN(C(=O)OC(C)(C)C)CC3)s2)cn1. The molecule has 26 heavy (non-hydrogen) atoms. The molecule has 1 saturated heterocycles.